The molecule has 1 unspecified atom stereocenters. The monoisotopic (exact) mass is 412 g/mol. The van der Waals surface area contributed by atoms with E-state index in [1.54, 1.807) is 0 Å². The fourth-order valence-corrected chi connectivity index (χ4v) is 4.62. The van der Waals surface area contributed by atoms with E-state index in [9.17, 15) is 0 Å². The molecule has 2 aromatic heterocycles. The topological polar surface area (TPSA) is 48.0 Å². The summed E-state index contributed by atoms with van der Waals surface area (Å²) in [5, 5.41) is 15.2. The van der Waals surface area contributed by atoms with Crippen LogP contribution in [0.1, 0.15) is 63.3 Å². The highest BCUT2D eigenvalue weighted by Gasteiger charge is 2.36. The number of hydrogen-bond acceptors (Lipinski definition) is 4. The van der Waals surface area contributed by atoms with Crippen LogP contribution in [0.4, 0.5) is 0 Å². The van der Waals surface area contributed by atoms with Gasteiger partial charge >= 0.3 is 0 Å². The Bertz CT molecular complexity index is 855. The van der Waals surface area contributed by atoms with Gasteiger partial charge in [0.25, 0.3) is 0 Å². The molecule has 0 amide bonds. The Kier molecular flexibility index (Phi) is 7.19. The van der Waals surface area contributed by atoms with Crippen molar-refractivity contribution in [1.29, 1.82) is 0 Å². The summed E-state index contributed by atoms with van der Waals surface area (Å²) in [5.41, 5.74) is 1.28. The van der Waals surface area contributed by atoms with Crippen LogP contribution in [0.3, 0.4) is 0 Å². The minimum atomic E-state index is -0.0978. The Morgan fingerprint density at radius 3 is 2.48 bits per heavy atom. The van der Waals surface area contributed by atoms with Gasteiger partial charge in [-0.1, -0.05) is 57.2 Å². The third-order valence-electron chi connectivity index (χ3n) is 5.88. The van der Waals surface area contributed by atoms with Gasteiger partial charge in [0.2, 0.25) is 5.82 Å². The van der Waals surface area contributed by atoms with Gasteiger partial charge in [0.1, 0.15) is 6.54 Å². The highest BCUT2D eigenvalue weighted by atomic mass is 32.1. The number of nitrogens with zero attached hydrogens (tertiary/aromatic N) is 4. The van der Waals surface area contributed by atoms with Crippen LogP contribution in [-0.4, -0.2) is 26.8 Å². The zero-order valence-electron chi connectivity index (χ0n) is 18.3. The molecule has 0 aliphatic rings. The molecule has 1 N–H and O–H groups in total. The molecule has 0 bridgehead atoms. The highest BCUT2D eigenvalue weighted by molar-refractivity contribution is 7.09. The van der Waals surface area contributed by atoms with Crippen LogP contribution >= 0.6 is 11.3 Å². The first-order valence-corrected chi connectivity index (χ1v) is 11.5. The SMILES string of the molecule is CCC(C)(C)n1nnnc1[C@@H](C(C)C)[NH+](CCc1ccccc1)Cc1cccs1. The van der Waals surface area contributed by atoms with Crippen LogP contribution in [0.2, 0.25) is 0 Å². The van der Waals surface area contributed by atoms with E-state index >= 15 is 0 Å². The van der Waals surface area contributed by atoms with Gasteiger partial charge in [0, 0.05) is 12.3 Å². The lowest BCUT2D eigenvalue weighted by atomic mass is 9.97. The van der Waals surface area contributed by atoms with Crippen LogP contribution in [0.15, 0.2) is 47.8 Å². The largest absolute Gasteiger partial charge is 0.321 e. The minimum Gasteiger partial charge on any atom is -0.321 e. The van der Waals surface area contributed by atoms with Gasteiger partial charge in [-0.25, -0.2) is 4.68 Å². The standard InChI is InChI=1S/C23H33N5S/c1-6-23(4,5)28-22(24-25-26-28)21(18(2)3)27(17-20-13-10-16-29-20)15-14-19-11-8-7-9-12-19/h7-13,16,18,21H,6,14-15,17H2,1-5H3/p+1/t21-/m1/s1. The molecule has 1 aromatic carbocycles. The molecule has 0 saturated carbocycles. The van der Waals surface area contributed by atoms with E-state index in [0.717, 1.165) is 31.8 Å². The highest BCUT2D eigenvalue weighted by Crippen LogP contribution is 2.25. The minimum absolute atomic E-state index is 0.0978. The van der Waals surface area contributed by atoms with Crippen molar-refractivity contribution in [2.75, 3.05) is 6.54 Å². The molecule has 0 fully saturated rings. The quantitative estimate of drug-likeness (QED) is 0.549. The second-order valence-electron chi connectivity index (χ2n) is 8.74. The van der Waals surface area contributed by atoms with Crippen molar-refractivity contribution in [2.24, 2.45) is 5.92 Å². The van der Waals surface area contributed by atoms with Crippen LogP contribution in [0.25, 0.3) is 0 Å². The fraction of sp³-hybridized carbons (Fsp3) is 0.522. The smallest absolute Gasteiger partial charge is 0.210 e. The summed E-state index contributed by atoms with van der Waals surface area (Å²) in [6.45, 7) is 13.2. The van der Waals surface area contributed by atoms with Crippen LogP contribution in [0.5, 0.6) is 0 Å². The van der Waals surface area contributed by atoms with Gasteiger partial charge in [-0.15, -0.1) is 16.4 Å². The maximum atomic E-state index is 4.54. The van der Waals surface area contributed by atoms with E-state index in [1.165, 1.54) is 15.3 Å². The third kappa shape index (κ3) is 5.31. The molecule has 0 saturated heterocycles. The Morgan fingerprint density at radius 2 is 1.86 bits per heavy atom. The molecule has 5 nitrogen and oxygen atoms in total. The number of tetrazole rings is 1. The zero-order chi connectivity index (χ0) is 20.9. The molecular weight excluding hydrogens is 378 g/mol. The molecule has 156 valence electrons. The van der Waals surface area contributed by atoms with Crippen molar-refractivity contribution in [1.82, 2.24) is 20.2 Å². The molecule has 2 heterocycles. The number of quaternary nitrogens is 1. The summed E-state index contributed by atoms with van der Waals surface area (Å²) < 4.78 is 2.06. The summed E-state index contributed by atoms with van der Waals surface area (Å²) in [6, 6.07) is 15.4. The molecule has 0 aliphatic heterocycles. The van der Waals surface area contributed by atoms with E-state index in [-0.39, 0.29) is 11.6 Å². The van der Waals surface area contributed by atoms with Crippen molar-refractivity contribution >= 4 is 11.3 Å². The van der Waals surface area contributed by atoms with E-state index in [0.29, 0.717) is 5.92 Å². The first kappa shape index (κ1) is 21.7. The number of rotatable bonds is 10. The molecule has 0 radical (unpaired) electrons. The Hall–Kier alpha value is -2.05. The van der Waals surface area contributed by atoms with E-state index in [2.05, 4.69) is 103 Å². The first-order chi connectivity index (χ1) is 13.9. The maximum Gasteiger partial charge on any atom is 0.210 e. The molecule has 3 rings (SSSR count). The van der Waals surface area contributed by atoms with Crippen molar-refractivity contribution in [3.8, 4) is 0 Å². The average molecular weight is 413 g/mol. The molecule has 0 aliphatic carbocycles. The van der Waals surface area contributed by atoms with Gasteiger partial charge < -0.3 is 4.90 Å². The lowest BCUT2D eigenvalue weighted by molar-refractivity contribution is -0.949. The van der Waals surface area contributed by atoms with Crippen LogP contribution < -0.4 is 4.90 Å². The predicted molar refractivity (Wildman–Crippen MR) is 119 cm³/mol. The average Bonchev–Trinajstić information content (AvgIpc) is 3.39. The van der Waals surface area contributed by atoms with Crippen molar-refractivity contribution in [3.63, 3.8) is 0 Å². The second-order valence-corrected chi connectivity index (χ2v) is 9.77. The third-order valence-corrected chi connectivity index (χ3v) is 6.75. The van der Waals surface area contributed by atoms with Crippen LogP contribution in [-0.2, 0) is 18.5 Å². The Balaban J connectivity index is 1.93. The maximum absolute atomic E-state index is 4.54. The van der Waals surface area contributed by atoms with Gasteiger partial charge in [-0.3, -0.25) is 0 Å². The summed E-state index contributed by atoms with van der Waals surface area (Å²) in [4.78, 5) is 2.93. The Labute approximate surface area is 178 Å². The second kappa shape index (κ2) is 9.63. The van der Waals surface area contributed by atoms with E-state index in [1.807, 2.05) is 11.3 Å². The van der Waals surface area contributed by atoms with Gasteiger partial charge in [-0.2, -0.15) is 0 Å². The fourth-order valence-electron chi connectivity index (χ4n) is 3.86. The van der Waals surface area contributed by atoms with Gasteiger partial charge in [0.15, 0.2) is 6.04 Å². The lowest BCUT2D eigenvalue weighted by Crippen LogP contribution is -3.12. The normalized spacial score (nSPS) is 14.3. The lowest BCUT2D eigenvalue weighted by Gasteiger charge is -2.33. The molecule has 0 spiro atoms. The summed E-state index contributed by atoms with van der Waals surface area (Å²) >= 11 is 1.83. The Morgan fingerprint density at radius 1 is 1.10 bits per heavy atom. The van der Waals surface area contributed by atoms with Gasteiger partial charge in [-0.05, 0) is 47.7 Å². The van der Waals surface area contributed by atoms with Crippen molar-refractivity contribution < 1.29 is 4.90 Å². The van der Waals surface area contributed by atoms with Crippen molar-refractivity contribution in [3.05, 3.63) is 64.1 Å². The number of benzene rings is 1. The molecule has 3 aromatic rings. The molecule has 6 heteroatoms. The van der Waals surface area contributed by atoms with E-state index in [4.69, 9.17) is 0 Å². The first-order valence-electron chi connectivity index (χ1n) is 10.6. The molecule has 2 atom stereocenters. The van der Waals surface area contributed by atoms with E-state index < -0.39 is 0 Å². The summed E-state index contributed by atoms with van der Waals surface area (Å²) in [5.74, 6) is 1.43. The summed E-state index contributed by atoms with van der Waals surface area (Å²) in [7, 11) is 0. The number of hydrogen-bond donors (Lipinski definition) is 1. The zero-order valence-corrected chi connectivity index (χ0v) is 19.1. The molecule has 29 heavy (non-hydrogen) atoms. The predicted octanol–water partition coefficient (Wildman–Crippen LogP) is 3.90. The number of nitrogens with one attached hydrogen (secondary N) is 1. The van der Waals surface area contributed by atoms with Crippen molar-refractivity contribution in [2.45, 2.75) is 65.6 Å². The van der Waals surface area contributed by atoms with Gasteiger partial charge in [0.05, 0.1) is 17.0 Å². The number of thiophene rings is 1. The molecular formula is C23H34N5S+. The summed E-state index contributed by atoms with van der Waals surface area (Å²) in [6.07, 6.45) is 2.03. The number of aromatic nitrogens is 4. The van der Waals surface area contributed by atoms with Crippen LogP contribution in [0, 0.1) is 5.92 Å².